The molecule has 0 fully saturated rings. The fourth-order valence-corrected chi connectivity index (χ4v) is 3.58. The summed E-state index contributed by atoms with van der Waals surface area (Å²) < 4.78 is 28.2. The molecule has 0 aliphatic heterocycles. The third-order valence-corrected chi connectivity index (χ3v) is 5.99. The van der Waals surface area contributed by atoms with Gasteiger partial charge in [0.1, 0.15) is 10.7 Å². The highest BCUT2D eigenvalue weighted by molar-refractivity contribution is 9.10. The zero-order valence-electron chi connectivity index (χ0n) is 12.7. The molecule has 0 aliphatic rings. The molecule has 1 aromatic heterocycles. The van der Waals surface area contributed by atoms with Crippen molar-refractivity contribution in [3.05, 3.63) is 16.7 Å². The Labute approximate surface area is 139 Å². The fourth-order valence-electron chi connectivity index (χ4n) is 1.42. The van der Waals surface area contributed by atoms with Crippen molar-refractivity contribution in [3.8, 4) is 0 Å². The Morgan fingerprint density at radius 3 is 2.67 bits per heavy atom. The summed E-state index contributed by atoms with van der Waals surface area (Å²) in [5.74, 6) is 0.384. The summed E-state index contributed by atoms with van der Waals surface area (Å²) in [6.07, 6.45) is 4.44. The van der Waals surface area contributed by atoms with Gasteiger partial charge in [-0.3, -0.25) is 0 Å². The van der Waals surface area contributed by atoms with E-state index >= 15 is 0 Å². The van der Waals surface area contributed by atoms with Crippen LogP contribution in [0, 0.1) is 0 Å². The molecule has 120 valence electrons. The molecule has 0 saturated carbocycles. The van der Waals surface area contributed by atoms with Gasteiger partial charge in [-0.2, -0.15) is 11.8 Å². The second-order valence-electron chi connectivity index (χ2n) is 5.22. The van der Waals surface area contributed by atoms with Gasteiger partial charge in [-0.05, 0) is 48.5 Å². The average Bonchev–Trinajstić information content (AvgIpc) is 2.44. The molecule has 0 unspecified atom stereocenters. The molecule has 0 spiro atoms. The lowest BCUT2D eigenvalue weighted by Gasteiger charge is -2.22. The summed E-state index contributed by atoms with van der Waals surface area (Å²) in [6, 6.07) is 1.57. The second kappa shape index (κ2) is 7.80. The minimum Gasteiger partial charge on any atom is -0.369 e. The van der Waals surface area contributed by atoms with E-state index in [1.165, 1.54) is 0 Å². The lowest BCUT2D eigenvalue weighted by atomic mass is 10.2. The Bertz CT molecular complexity index is 577. The van der Waals surface area contributed by atoms with Crippen molar-refractivity contribution in [1.29, 1.82) is 0 Å². The molecule has 0 aliphatic carbocycles. The summed E-state index contributed by atoms with van der Waals surface area (Å²) in [5, 5.41) is 3.05. The van der Waals surface area contributed by atoms with Gasteiger partial charge in [0.05, 0.1) is 0 Å². The van der Waals surface area contributed by atoms with E-state index < -0.39 is 10.0 Å². The lowest BCUT2D eigenvalue weighted by Crippen LogP contribution is -2.36. The van der Waals surface area contributed by atoms with Crippen LogP contribution >= 0.6 is 27.7 Å². The summed E-state index contributed by atoms with van der Waals surface area (Å²) in [4.78, 5) is 4.33. The highest BCUT2D eigenvalue weighted by Gasteiger charge is 2.24. The molecule has 0 saturated heterocycles. The summed E-state index contributed by atoms with van der Waals surface area (Å²) in [6.45, 7) is 7.04. The molecule has 2 N–H and O–H groups in total. The lowest BCUT2D eigenvalue weighted by molar-refractivity contribution is 0.570. The summed E-state index contributed by atoms with van der Waals surface area (Å²) in [7, 11) is -3.61. The number of pyridine rings is 1. The highest BCUT2D eigenvalue weighted by atomic mass is 79.9. The van der Waals surface area contributed by atoms with Gasteiger partial charge in [0.15, 0.2) is 0 Å². The maximum Gasteiger partial charge on any atom is 0.244 e. The van der Waals surface area contributed by atoms with Crippen molar-refractivity contribution in [3.63, 3.8) is 0 Å². The van der Waals surface area contributed by atoms with E-state index in [1.54, 1.807) is 24.0 Å². The Morgan fingerprint density at radius 1 is 1.43 bits per heavy atom. The Balaban J connectivity index is 3.03. The van der Waals surface area contributed by atoms with Crippen LogP contribution in [0.15, 0.2) is 21.6 Å². The van der Waals surface area contributed by atoms with Crippen molar-refractivity contribution in [1.82, 2.24) is 9.71 Å². The molecular weight excluding hydrogens is 374 g/mol. The number of sulfonamides is 1. The molecule has 0 amide bonds. The zero-order valence-corrected chi connectivity index (χ0v) is 16.0. The van der Waals surface area contributed by atoms with Crippen LogP contribution in [-0.4, -0.2) is 37.5 Å². The molecule has 0 atom stereocenters. The quantitative estimate of drug-likeness (QED) is 0.707. The third-order valence-electron chi connectivity index (χ3n) is 2.89. The van der Waals surface area contributed by atoms with Crippen LogP contribution in [0.2, 0.25) is 0 Å². The second-order valence-corrected chi connectivity index (χ2v) is 9.38. The number of nitrogens with one attached hydrogen (secondary N) is 2. The third kappa shape index (κ3) is 5.77. The first-order valence-electron chi connectivity index (χ1n) is 6.66. The van der Waals surface area contributed by atoms with Crippen LogP contribution in [0.4, 0.5) is 5.82 Å². The molecule has 1 aromatic rings. The molecule has 21 heavy (non-hydrogen) atoms. The first-order valence-corrected chi connectivity index (χ1v) is 10.2. The van der Waals surface area contributed by atoms with Crippen LogP contribution < -0.4 is 10.0 Å². The molecule has 0 aromatic carbocycles. The number of aromatic nitrogens is 1. The minimum absolute atomic E-state index is 0.163. The summed E-state index contributed by atoms with van der Waals surface area (Å²) >= 11 is 4.89. The predicted molar refractivity (Wildman–Crippen MR) is 93.5 cm³/mol. The monoisotopic (exact) mass is 395 g/mol. The van der Waals surface area contributed by atoms with Crippen LogP contribution in [0.3, 0.4) is 0 Å². The number of anilines is 1. The van der Waals surface area contributed by atoms with E-state index in [1.807, 2.05) is 27.0 Å². The molecule has 0 bridgehead atoms. The topological polar surface area (TPSA) is 71.1 Å². The molecule has 0 radical (unpaired) electrons. The van der Waals surface area contributed by atoms with Gasteiger partial charge in [0, 0.05) is 28.5 Å². The van der Waals surface area contributed by atoms with E-state index in [0.29, 0.717) is 23.4 Å². The van der Waals surface area contributed by atoms with Crippen molar-refractivity contribution in [2.24, 2.45) is 0 Å². The summed E-state index contributed by atoms with van der Waals surface area (Å²) in [5.41, 5.74) is 0. The number of halogens is 1. The molecule has 5 nitrogen and oxygen atoms in total. The fraction of sp³-hybridized carbons (Fsp3) is 0.615. The van der Waals surface area contributed by atoms with Crippen LogP contribution in [-0.2, 0) is 10.0 Å². The average molecular weight is 396 g/mol. The van der Waals surface area contributed by atoms with Crippen molar-refractivity contribution >= 4 is 43.5 Å². The van der Waals surface area contributed by atoms with Crippen LogP contribution in [0.5, 0.6) is 0 Å². The first kappa shape index (κ1) is 18.7. The first-order chi connectivity index (χ1) is 9.72. The Hall–Kier alpha value is -0.310. The predicted octanol–water partition coefficient (Wildman–Crippen LogP) is 3.09. The number of nitrogens with zero attached hydrogens (tertiary/aromatic N) is 1. The van der Waals surface area contributed by atoms with Gasteiger partial charge < -0.3 is 5.32 Å². The van der Waals surface area contributed by atoms with Gasteiger partial charge in [0.2, 0.25) is 10.0 Å². The number of thioether (sulfide) groups is 1. The van der Waals surface area contributed by atoms with Crippen molar-refractivity contribution in [2.75, 3.05) is 24.7 Å². The number of rotatable bonds is 8. The van der Waals surface area contributed by atoms with E-state index in [9.17, 15) is 8.42 Å². The van der Waals surface area contributed by atoms with Gasteiger partial charge >= 0.3 is 0 Å². The zero-order chi connectivity index (χ0) is 16.1. The highest BCUT2D eigenvalue weighted by Crippen LogP contribution is 2.25. The van der Waals surface area contributed by atoms with Crippen molar-refractivity contribution < 1.29 is 8.42 Å². The number of hydrogen-bond acceptors (Lipinski definition) is 5. The van der Waals surface area contributed by atoms with Gasteiger partial charge in [-0.1, -0.05) is 6.92 Å². The van der Waals surface area contributed by atoms with Crippen LogP contribution in [0.1, 0.15) is 27.2 Å². The smallest absolute Gasteiger partial charge is 0.244 e. The Morgan fingerprint density at radius 2 is 2.10 bits per heavy atom. The molecular formula is C13H22BrN3O2S2. The SMILES string of the molecule is CCCNc1ncc(Br)cc1S(=O)(=O)NCC(C)(C)SC. The van der Waals surface area contributed by atoms with Gasteiger partial charge in [-0.15, -0.1) is 0 Å². The van der Waals surface area contributed by atoms with Crippen molar-refractivity contribution in [2.45, 2.75) is 36.8 Å². The Kier molecular flexibility index (Phi) is 6.96. The van der Waals surface area contributed by atoms with E-state index in [-0.39, 0.29) is 9.64 Å². The van der Waals surface area contributed by atoms with E-state index in [4.69, 9.17) is 0 Å². The van der Waals surface area contributed by atoms with E-state index in [0.717, 1.165) is 6.42 Å². The standard InChI is InChI=1S/C13H22BrN3O2S2/c1-5-6-15-12-11(7-10(14)8-16-12)21(18,19)17-9-13(2,3)20-4/h7-8,17H,5-6,9H2,1-4H3,(H,15,16). The number of hydrogen-bond donors (Lipinski definition) is 2. The van der Waals surface area contributed by atoms with Gasteiger partial charge in [-0.25, -0.2) is 18.1 Å². The van der Waals surface area contributed by atoms with Crippen LogP contribution in [0.25, 0.3) is 0 Å². The molecule has 8 heteroatoms. The molecule has 1 heterocycles. The maximum atomic E-state index is 12.5. The largest absolute Gasteiger partial charge is 0.369 e. The van der Waals surface area contributed by atoms with E-state index in [2.05, 4.69) is 31.0 Å². The molecule has 1 rings (SSSR count). The maximum absolute atomic E-state index is 12.5. The normalized spacial score (nSPS) is 12.4. The minimum atomic E-state index is -3.61. The van der Waals surface area contributed by atoms with Gasteiger partial charge in [0.25, 0.3) is 0 Å².